The summed E-state index contributed by atoms with van der Waals surface area (Å²) in [5, 5.41) is 12.1. The van der Waals surface area contributed by atoms with Gasteiger partial charge in [0.15, 0.2) is 0 Å². The van der Waals surface area contributed by atoms with Crippen LogP contribution < -0.4 is 14.8 Å². The smallest absolute Gasteiger partial charge is 0.335 e. The molecule has 0 amide bonds. The quantitative estimate of drug-likeness (QED) is 0.826. The molecule has 7 heteroatoms. The molecule has 21 heavy (non-hydrogen) atoms. The zero-order valence-corrected chi connectivity index (χ0v) is 12.1. The van der Waals surface area contributed by atoms with Gasteiger partial charge in [0.25, 0.3) is 0 Å². The molecule has 1 aromatic heterocycles. The van der Waals surface area contributed by atoms with E-state index in [4.69, 9.17) is 26.2 Å². The highest BCUT2D eigenvalue weighted by atomic mass is 35.5. The monoisotopic (exact) mass is 308 g/mol. The Bertz CT molecular complexity index is 676. The summed E-state index contributed by atoms with van der Waals surface area (Å²) < 4.78 is 10.4. The number of nitrogens with one attached hydrogen (secondary N) is 1. The van der Waals surface area contributed by atoms with Crippen LogP contribution in [0.5, 0.6) is 11.5 Å². The highest BCUT2D eigenvalue weighted by Crippen LogP contribution is 2.31. The molecule has 0 spiro atoms. The molecule has 0 aliphatic carbocycles. The molecule has 2 N–H and O–H groups in total. The van der Waals surface area contributed by atoms with E-state index >= 15 is 0 Å². The van der Waals surface area contributed by atoms with Crippen LogP contribution in [0.4, 0.5) is 11.5 Å². The molecule has 2 rings (SSSR count). The molecule has 0 radical (unpaired) electrons. The average molecular weight is 309 g/mol. The molecule has 0 aliphatic rings. The third kappa shape index (κ3) is 3.55. The Morgan fingerprint density at radius 2 is 2.00 bits per heavy atom. The molecule has 0 fully saturated rings. The van der Waals surface area contributed by atoms with Gasteiger partial charge in [-0.25, -0.2) is 9.78 Å². The molecule has 2 aromatic rings. The summed E-state index contributed by atoms with van der Waals surface area (Å²) in [5.74, 6) is 0.406. The predicted molar refractivity (Wildman–Crippen MR) is 79.0 cm³/mol. The number of hydrogen-bond acceptors (Lipinski definition) is 5. The second kappa shape index (κ2) is 6.32. The lowest BCUT2D eigenvalue weighted by Gasteiger charge is -2.12. The van der Waals surface area contributed by atoms with E-state index in [-0.39, 0.29) is 10.7 Å². The third-order valence-electron chi connectivity index (χ3n) is 2.71. The molecule has 0 bridgehead atoms. The van der Waals surface area contributed by atoms with E-state index in [1.54, 1.807) is 25.3 Å². The van der Waals surface area contributed by atoms with Gasteiger partial charge in [0, 0.05) is 6.07 Å². The van der Waals surface area contributed by atoms with Crippen LogP contribution in [0.15, 0.2) is 30.3 Å². The minimum Gasteiger partial charge on any atom is -0.497 e. The minimum absolute atomic E-state index is 0.0463. The second-order valence-electron chi connectivity index (χ2n) is 4.06. The fourth-order valence-electron chi connectivity index (χ4n) is 1.72. The average Bonchev–Trinajstić information content (AvgIpc) is 2.47. The Morgan fingerprint density at radius 3 is 2.62 bits per heavy atom. The lowest BCUT2D eigenvalue weighted by Crippen LogP contribution is -2.02. The van der Waals surface area contributed by atoms with Crippen molar-refractivity contribution in [3.05, 3.63) is 41.0 Å². The van der Waals surface area contributed by atoms with Crippen molar-refractivity contribution < 1.29 is 19.4 Å². The first-order valence-corrected chi connectivity index (χ1v) is 6.31. The molecule has 1 aromatic carbocycles. The molecule has 0 saturated carbocycles. The van der Waals surface area contributed by atoms with Crippen molar-refractivity contribution in [2.75, 3.05) is 19.5 Å². The van der Waals surface area contributed by atoms with Crippen LogP contribution in [-0.2, 0) is 0 Å². The number of pyridine rings is 1. The zero-order chi connectivity index (χ0) is 15.4. The van der Waals surface area contributed by atoms with Crippen LogP contribution in [0.3, 0.4) is 0 Å². The molecule has 0 atom stereocenters. The van der Waals surface area contributed by atoms with Gasteiger partial charge in [-0.3, -0.25) is 0 Å². The molecule has 1 heterocycles. The summed E-state index contributed by atoms with van der Waals surface area (Å²) in [5.41, 5.74) is 0.661. The van der Waals surface area contributed by atoms with Gasteiger partial charge >= 0.3 is 5.97 Å². The summed E-state index contributed by atoms with van der Waals surface area (Å²) in [7, 11) is 3.08. The first-order valence-electron chi connectivity index (χ1n) is 5.93. The number of halogens is 1. The fourth-order valence-corrected chi connectivity index (χ4v) is 1.93. The number of nitrogens with zero attached hydrogens (tertiary/aromatic N) is 1. The maximum atomic E-state index is 11.0. The number of ether oxygens (including phenoxy) is 2. The number of aromatic carboxylic acids is 1. The largest absolute Gasteiger partial charge is 0.497 e. The summed E-state index contributed by atoms with van der Waals surface area (Å²) in [6.07, 6.45) is 0. The Balaban J connectivity index is 2.35. The number of methoxy groups -OCH3 is 2. The Hall–Kier alpha value is -2.47. The number of benzene rings is 1. The molecular weight excluding hydrogens is 296 g/mol. The Labute approximate surface area is 126 Å². The van der Waals surface area contributed by atoms with Gasteiger partial charge in [-0.2, -0.15) is 0 Å². The maximum Gasteiger partial charge on any atom is 0.335 e. The van der Waals surface area contributed by atoms with E-state index in [2.05, 4.69) is 10.3 Å². The molecule has 6 nitrogen and oxygen atoms in total. The van der Waals surface area contributed by atoms with Crippen LogP contribution >= 0.6 is 11.6 Å². The van der Waals surface area contributed by atoms with Crippen molar-refractivity contribution in [3.63, 3.8) is 0 Å². The van der Waals surface area contributed by atoms with Crippen LogP contribution in [0, 0.1) is 0 Å². The number of hydrogen-bond donors (Lipinski definition) is 2. The lowest BCUT2D eigenvalue weighted by atomic mass is 10.2. The molecular formula is C14H13ClN2O4. The summed E-state index contributed by atoms with van der Waals surface area (Å²) in [6.45, 7) is 0. The van der Waals surface area contributed by atoms with Gasteiger partial charge in [0.2, 0.25) is 0 Å². The Morgan fingerprint density at radius 1 is 1.24 bits per heavy atom. The van der Waals surface area contributed by atoms with E-state index in [0.29, 0.717) is 23.0 Å². The van der Waals surface area contributed by atoms with Crippen LogP contribution in [0.25, 0.3) is 0 Å². The van der Waals surface area contributed by atoms with Gasteiger partial charge in [-0.05, 0) is 24.3 Å². The van der Waals surface area contributed by atoms with Crippen LogP contribution in [0.1, 0.15) is 10.4 Å². The number of carboxylic acids is 1. The van der Waals surface area contributed by atoms with Crippen molar-refractivity contribution in [3.8, 4) is 11.5 Å². The molecule has 0 unspecified atom stereocenters. The summed E-state index contributed by atoms with van der Waals surface area (Å²) >= 11 is 5.82. The number of aromatic nitrogens is 1. The normalized spacial score (nSPS) is 10.0. The number of rotatable bonds is 5. The first-order chi connectivity index (χ1) is 10.0. The van der Waals surface area contributed by atoms with E-state index < -0.39 is 5.97 Å². The van der Waals surface area contributed by atoms with Crippen molar-refractivity contribution in [2.45, 2.75) is 0 Å². The Kier molecular flexibility index (Phi) is 4.49. The standard InChI is InChI=1S/C14H13ClN2O4/c1-20-9-3-4-10(11(7-9)21-2)16-13-6-8(14(18)19)5-12(15)17-13/h3-7H,1-2H3,(H,16,17)(H,18,19). The van der Waals surface area contributed by atoms with E-state index in [1.165, 1.54) is 19.2 Å². The minimum atomic E-state index is -1.08. The van der Waals surface area contributed by atoms with Gasteiger partial charge in [0.05, 0.1) is 25.5 Å². The number of carboxylic acid groups (broad SMARTS) is 1. The van der Waals surface area contributed by atoms with Gasteiger partial charge < -0.3 is 19.9 Å². The molecule has 110 valence electrons. The SMILES string of the molecule is COc1ccc(Nc2cc(C(=O)O)cc(Cl)n2)c(OC)c1. The van der Waals surface area contributed by atoms with Crippen LogP contribution in [0.2, 0.25) is 5.15 Å². The lowest BCUT2D eigenvalue weighted by molar-refractivity contribution is 0.0697. The van der Waals surface area contributed by atoms with Crippen molar-refractivity contribution >= 4 is 29.1 Å². The van der Waals surface area contributed by atoms with Crippen LogP contribution in [-0.4, -0.2) is 30.3 Å². The fraction of sp³-hybridized carbons (Fsp3) is 0.143. The van der Waals surface area contributed by atoms with E-state index in [9.17, 15) is 4.79 Å². The number of anilines is 2. The summed E-state index contributed by atoms with van der Waals surface area (Å²) in [4.78, 5) is 15.0. The van der Waals surface area contributed by atoms with Gasteiger partial charge in [-0.1, -0.05) is 11.6 Å². The predicted octanol–water partition coefficient (Wildman–Crippen LogP) is 3.19. The highest BCUT2D eigenvalue weighted by Gasteiger charge is 2.10. The topological polar surface area (TPSA) is 80.7 Å². The highest BCUT2D eigenvalue weighted by molar-refractivity contribution is 6.29. The maximum absolute atomic E-state index is 11.0. The van der Waals surface area contributed by atoms with Crippen molar-refractivity contribution in [1.29, 1.82) is 0 Å². The molecule has 0 aliphatic heterocycles. The van der Waals surface area contributed by atoms with Crippen molar-refractivity contribution in [1.82, 2.24) is 4.98 Å². The van der Waals surface area contributed by atoms with Crippen molar-refractivity contribution in [2.24, 2.45) is 0 Å². The first kappa shape index (κ1) is 14.9. The van der Waals surface area contributed by atoms with Gasteiger partial charge in [0.1, 0.15) is 22.5 Å². The number of carbonyl (C=O) groups is 1. The molecule has 0 saturated heterocycles. The third-order valence-corrected chi connectivity index (χ3v) is 2.91. The second-order valence-corrected chi connectivity index (χ2v) is 4.45. The zero-order valence-electron chi connectivity index (χ0n) is 11.4. The van der Waals surface area contributed by atoms with E-state index in [0.717, 1.165) is 0 Å². The van der Waals surface area contributed by atoms with Gasteiger partial charge in [-0.15, -0.1) is 0 Å². The van der Waals surface area contributed by atoms with E-state index in [1.807, 2.05) is 0 Å². The summed E-state index contributed by atoms with van der Waals surface area (Å²) in [6, 6.07) is 7.84.